The van der Waals surface area contributed by atoms with E-state index < -0.39 is 5.97 Å². The summed E-state index contributed by atoms with van der Waals surface area (Å²) in [6.07, 6.45) is 15.7. The standard InChI is InChI=1S/C7H12O.C5H5NO2.C4H6NO.C4H5O2.C4H7O.C4H5O.2C3H5O.6W/c1-5-2-3-6-7(4-5)8-6;1-6-4(7)2-3-5(6)8;1-3-4(6)5-2;1-3-4(5)6-2;1-4-2-5-3-4;1-3-4(2)5;1-3-2-4-3;1-3-4-2;;;;;;/h5-7H,2-4H2,1H3;2-3H,1H3;1H2,2H3,(H,5,6);1H2,2H3;2-3H2,1H3;1H2,2H3;2-3H,1H3;1,3H,2H3;;;;;;/q;;6*-1;;;;;;. The smallest absolute Gasteiger partial charge is 0.253 e. The summed E-state index contributed by atoms with van der Waals surface area (Å²) in [6, 6.07) is 0. The first-order valence-electron chi connectivity index (χ1n) is 14.2. The molecule has 0 radical (unpaired) electrons. The molecule has 12 nitrogen and oxygen atoms in total. The van der Waals surface area contributed by atoms with E-state index >= 15 is 0 Å². The molecule has 0 aromatic heterocycles. The van der Waals surface area contributed by atoms with Crippen LogP contribution in [0.3, 0.4) is 0 Å². The molecule has 4 unspecified atom stereocenters. The van der Waals surface area contributed by atoms with E-state index in [4.69, 9.17) is 9.47 Å². The minimum absolute atomic E-state index is 0. The summed E-state index contributed by atoms with van der Waals surface area (Å²) in [6.45, 7) is 25.3. The molecule has 5 aliphatic rings. The van der Waals surface area contributed by atoms with Crippen LogP contribution < -0.4 is 5.32 Å². The summed E-state index contributed by atoms with van der Waals surface area (Å²) in [7, 11) is 5.76. The van der Waals surface area contributed by atoms with Gasteiger partial charge in [-0.25, -0.2) is 0 Å². The van der Waals surface area contributed by atoms with Gasteiger partial charge in [-0.3, -0.25) is 44.9 Å². The molecule has 0 bridgehead atoms. The van der Waals surface area contributed by atoms with Crippen LogP contribution in [-0.2, 0) is 174 Å². The number of carbonyl (C=O) groups excluding carboxylic acids is 5. The number of esters is 1. The molecule has 5 rings (SSSR count). The minimum atomic E-state index is -0.519. The van der Waals surface area contributed by atoms with Crippen molar-refractivity contribution in [3.05, 3.63) is 75.5 Å². The Kier molecular flexibility index (Phi) is 69.5. The van der Waals surface area contributed by atoms with Gasteiger partial charge in [-0.1, -0.05) is 33.2 Å². The number of likely N-dealkylation sites (N-methyl/N-ethyl adjacent to an activating group) is 2. The van der Waals surface area contributed by atoms with Crippen LogP contribution >= 0.6 is 0 Å². The number of hydrogen-bond acceptors (Lipinski definition) is 10. The summed E-state index contributed by atoms with van der Waals surface area (Å²) in [5.74, 6) is 1.02. The molecule has 4 atom stereocenters. The number of ketones is 1. The molecule has 4 fully saturated rings. The van der Waals surface area contributed by atoms with Crippen LogP contribution in [0.15, 0.2) is 38.2 Å². The third kappa shape index (κ3) is 52.4. The summed E-state index contributed by atoms with van der Waals surface area (Å²) in [5.41, 5.74) is 0. The van der Waals surface area contributed by atoms with Gasteiger partial charge >= 0.3 is 0 Å². The molecule has 52 heavy (non-hydrogen) atoms. The molecular weight excluding hydrogens is 1700 g/mol. The molecule has 3 saturated heterocycles. The van der Waals surface area contributed by atoms with Crippen LogP contribution in [0.25, 0.3) is 0 Å². The number of epoxide rings is 2. The number of carbonyl (C=O) groups is 5. The van der Waals surface area contributed by atoms with E-state index in [0.29, 0.717) is 18.3 Å². The van der Waals surface area contributed by atoms with Crippen molar-refractivity contribution < 1.29 is 174 Å². The Hall–Kier alpha value is 0.260. The fraction of sp³-hybridized carbons (Fsp3) is 0.500. The SMILES string of the molecule is C=[C-]C(=O)NC.C=[C-]C(=O)OC.C=[C-]C(C)=O.CC1CCC2OC2C1.CC1[CH-]O1.CN1C(=O)C=CC1=O.C[C-]1COC1.[CH-]=COC.[W].[W].[W].[W].[W].[W]. The van der Waals surface area contributed by atoms with Gasteiger partial charge in [-0.05, 0) is 37.9 Å². The van der Waals surface area contributed by atoms with Crippen molar-refractivity contribution in [1.29, 1.82) is 0 Å². The number of allylic oxidation sites excluding steroid dienone is 1. The van der Waals surface area contributed by atoms with Crippen molar-refractivity contribution in [3.8, 4) is 0 Å². The quantitative estimate of drug-likeness (QED) is 0.111. The number of rotatable bonds is 4. The number of ether oxygens (including phenoxy) is 5. The Morgan fingerprint density at radius 2 is 1.37 bits per heavy atom. The van der Waals surface area contributed by atoms with Crippen LogP contribution in [0, 0.1) is 43.2 Å². The Bertz CT molecular complexity index is 960. The number of methoxy groups -OCH3 is 2. The van der Waals surface area contributed by atoms with E-state index in [0.717, 1.165) is 30.3 Å². The maximum Gasteiger partial charge on any atom is 0.253 e. The first-order chi connectivity index (χ1) is 21.7. The maximum absolute atomic E-state index is 10.4. The molecule has 0 spiro atoms. The van der Waals surface area contributed by atoms with Crippen molar-refractivity contribution in [2.45, 2.75) is 65.3 Å². The fourth-order valence-electron chi connectivity index (χ4n) is 2.62. The van der Waals surface area contributed by atoms with Gasteiger partial charge in [0.2, 0.25) is 0 Å². The van der Waals surface area contributed by atoms with Crippen LogP contribution in [0.2, 0.25) is 0 Å². The number of Topliss-reactive ketones (excluding diaryl/α,β-unsaturated/α-hetero) is 1. The zero-order chi connectivity index (χ0) is 36.1. The second-order valence-electron chi connectivity index (χ2n) is 9.66. The van der Waals surface area contributed by atoms with Crippen LogP contribution in [0.5, 0.6) is 0 Å². The second kappa shape index (κ2) is 49.3. The van der Waals surface area contributed by atoms with Gasteiger partial charge in [0, 0.05) is 153 Å². The van der Waals surface area contributed by atoms with Crippen molar-refractivity contribution in [1.82, 2.24) is 10.2 Å². The van der Waals surface area contributed by atoms with E-state index in [2.05, 4.69) is 71.8 Å². The van der Waals surface area contributed by atoms with Gasteiger partial charge < -0.3 is 63.4 Å². The number of hydrogen-bond donors (Lipinski definition) is 1. The maximum atomic E-state index is 10.4. The molecule has 0 aromatic rings. The molecule has 1 saturated carbocycles. The summed E-state index contributed by atoms with van der Waals surface area (Å²) in [5, 5.41) is 2.30. The molecule has 18 heteroatoms. The van der Waals surface area contributed by atoms with Gasteiger partial charge in [0.05, 0.1) is 32.3 Å². The second-order valence-corrected chi connectivity index (χ2v) is 9.66. The molecule has 4 heterocycles. The molecule has 298 valence electrons. The topological polar surface area (TPSA) is 153 Å². The van der Waals surface area contributed by atoms with Crippen LogP contribution in [0.1, 0.15) is 47.0 Å². The average molecular weight is 1750 g/mol. The van der Waals surface area contributed by atoms with Crippen molar-refractivity contribution >= 4 is 29.5 Å². The number of amides is 3. The van der Waals surface area contributed by atoms with Crippen LogP contribution in [-0.4, -0.2) is 94.2 Å². The normalized spacial score (nSPS) is 19.1. The molecule has 4 aliphatic heterocycles. The third-order valence-electron chi connectivity index (χ3n) is 5.50. The first kappa shape index (κ1) is 73.4. The van der Waals surface area contributed by atoms with Gasteiger partial charge in [0.1, 0.15) is 5.97 Å². The first-order valence-corrected chi connectivity index (χ1v) is 14.2. The summed E-state index contributed by atoms with van der Waals surface area (Å²) in [4.78, 5) is 51.2. The van der Waals surface area contributed by atoms with E-state index in [1.165, 1.54) is 72.6 Å². The molecule has 1 N–H and O–H groups in total. The molecule has 0 aromatic carbocycles. The van der Waals surface area contributed by atoms with Gasteiger partial charge in [-0.15, -0.1) is 6.26 Å². The van der Waals surface area contributed by atoms with E-state index in [1.807, 2.05) is 13.0 Å². The summed E-state index contributed by atoms with van der Waals surface area (Å²) >= 11 is 0. The minimum Gasteiger partial charge on any atom is -0.570 e. The van der Waals surface area contributed by atoms with Crippen molar-refractivity contribution in [2.24, 2.45) is 5.92 Å². The Morgan fingerprint density at radius 3 is 1.48 bits per heavy atom. The van der Waals surface area contributed by atoms with Gasteiger partial charge in [0.15, 0.2) is 0 Å². The predicted octanol–water partition coefficient (Wildman–Crippen LogP) is 3.29. The van der Waals surface area contributed by atoms with E-state index in [-0.39, 0.29) is 150 Å². The van der Waals surface area contributed by atoms with E-state index in [1.54, 1.807) is 6.61 Å². The Morgan fingerprint density at radius 1 is 0.962 bits per heavy atom. The largest absolute Gasteiger partial charge is 0.570 e. The van der Waals surface area contributed by atoms with Gasteiger partial charge in [-0.2, -0.15) is 13.5 Å². The predicted molar refractivity (Wildman–Crippen MR) is 172 cm³/mol. The zero-order valence-corrected chi connectivity index (χ0v) is 48.4. The van der Waals surface area contributed by atoms with Crippen molar-refractivity contribution in [3.63, 3.8) is 0 Å². The zero-order valence-electron chi connectivity index (χ0n) is 30.8. The number of nitrogens with one attached hydrogen (secondary N) is 1. The van der Waals surface area contributed by atoms with E-state index in [9.17, 15) is 24.0 Å². The average Bonchev–Trinajstić information content (AvgIpc) is 3.99. The fourth-order valence-corrected chi connectivity index (χ4v) is 2.62. The molecule has 1 aliphatic carbocycles. The number of fused-ring (bicyclic) bond motifs is 1. The molecule has 3 amide bonds. The third-order valence-corrected chi connectivity index (χ3v) is 5.50. The Labute approximate surface area is 397 Å². The van der Waals surface area contributed by atoms with Crippen molar-refractivity contribution in [2.75, 3.05) is 41.5 Å². The molecular formula is C34H50N2O10W6-6. The van der Waals surface area contributed by atoms with Crippen LogP contribution in [0.4, 0.5) is 0 Å². The summed E-state index contributed by atoms with van der Waals surface area (Å²) < 4.78 is 23.0. The Balaban J connectivity index is -0.0000000578. The number of imide groups is 1. The number of nitrogens with zero attached hydrogens (tertiary/aromatic N) is 1. The van der Waals surface area contributed by atoms with Gasteiger partial charge in [0.25, 0.3) is 11.8 Å². The monoisotopic (exact) mass is 1750 g/mol.